The van der Waals surface area contributed by atoms with Gasteiger partial charge in [-0.15, -0.1) is 0 Å². The van der Waals surface area contributed by atoms with Crippen LogP contribution in [-0.2, 0) is 4.79 Å². The number of hydrazine groups is 1. The zero-order valence-electron chi connectivity index (χ0n) is 9.74. The van der Waals surface area contributed by atoms with E-state index in [9.17, 15) is 4.79 Å². The molecule has 1 N–H and O–H groups in total. The van der Waals surface area contributed by atoms with E-state index in [2.05, 4.69) is 5.43 Å². The molecule has 0 radical (unpaired) electrons. The van der Waals surface area contributed by atoms with Crippen LogP contribution in [-0.4, -0.2) is 25.0 Å². The van der Waals surface area contributed by atoms with Gasteiger partial charge in [-0.25, -0.2) is 5.01 Å². The van der Waals surface area contributed by atoms with Gasteiger partial charge in [-0.1, -0.05) is 24.3 Å². The van der Waals surface area contributed by atoms with Gasteiger partial charge >= 0.3 is 0 Å². The van der Waals surface area contributed by atoms with E-state index in [-0.39, 0.29) is 11.8 Å². The molecule has 0 aliphatic heterocycles. The Bertz CT molecular complexity index is 347. The van der Waals surface area contributed by atoms with E-state index in [0.29, 0.717) is 0 Å². The summed E-state index contributed by atoms with van der Waals surface area (Å²) >= 11 is 0. The number of hydrogen-bond acceptors (Lipinski definition) is 2. The summed E-state index contributed by atoms with van der Waals surface area (Å²) in [5.74, 6) is -0.0945. The normalized spacial score (nSPS) is 12.6. The number of rotatable bonds is 3. The van der Waals surface area contributed by atoms with Gasteiger partial charge in [0, 0.05) is 14.1 Å². The highest BCUT2D eigenvalue weighted by atomic mass is 16.2. The molecule has 0 saturated carbocycles. The summed E-state index contributed by atoms with van der Waals surface area (Å²) in [6.07, 6.45) is 0. The van der Waals surface area contributed by atoms with Gasteiger partial charge in [0.15, 0.2) is 0 Å². The Morgan fingerprint density at radius 2 is 1.93 bits per heavy atom. The fourth-order valence-electron chi connectivity index (χ4n) is 1.53. The number of benzene rings is 1. The minimum Gasteiger partial charge on any atom is -0.289 e. The van der Waals surface area contributed by atoms with Crippen molar-refractivity contribution in [2.75, 3.05) is 14.1 Å². The Hall–Kier alpha value is -1.35. The number of carbonyl (C=O) groups excluding carboxylic acids is 1. The van der Waals surface area contributed by atoms with Crippen LogP contribution in [0.15, 0.2) is 24.3 Å². The molecule has 0 saturated heterocycles. The molecule has 0 aliphatic carbocycles. The van der Waals surface area contributed by atoms with E-state index >= 15 is 0 Å². The van der Waals surface area contributed by atoms with Crippen molar-refractivity contribution in [3.8, 4) is 0 Å². The van der Waals surface area contributed by atoms with E-state index in [4.69, 9.17) is 0 Å². The SMILES string of the molecule is Cc1ccccc1C(C)C(=O)NN(C)C. The predicted octanol–water partition coefficient (Wildman–Crippen LogP) is 1.69. The van der Waals surface area contributed by atoms with E-state index in [0.717, 1.165) is 11.1 Å². The van der Waals surface area contributed by atoms with E-state index in [1.165, 1.54) is 0 Å². The van der Waals surface area contributed by atoms with Crippen molar-refractivity contribution in [3.05, 3.63) is 35.4 Å². The number of carbonyl (C=O) groups is 1. The number of nitrogens with one attached hydrogen (secondary N) is 1. The second-order valence-electron chi connectivity index (χ2n) is 3.95. The molecule has 1 aromatic carbocycles. The molecule has 15 heavy (non-hydrogen) atoms. The first-order chi connectivity index (χ1) is 7.02. The minimum absolute atomic E-state index is 0.0225. The first-order valence-corrected chi connectivity index (χ1v) is 5.05. The fourth-order valence-corrected chi connectivity index (χ4v) is 1.53. The smallest absolute Gasteiger partial charge is 0.241 e. The second kappa shape index (κ2) is 4.94. The summed E-state index contributed by atoms with van der Waals surface area (Å²) in [5.41, 5.74) is 4.99. The van der Waals surface area contributed by atoms with Crippen molar-refractivity contribution in [2.24, 2.45) is 0 Å². The van der Waals surface area contributed by atoms with Crippen molar-refractivity contribution >= 4 is 5.91 Å². The molecule has 1 atom stereocenters. The van der Waals surface area contributed by atoms with Crippen molar-refractivity contribution in [3.63, 3.8) is 0 Å². The third kappa shape index (κ3) is 3.06. The van der Waals surface area contributed by atoms with Crippen molar-refractivity contribution in [1.82, 2.24) is 10.4 Å². The Balaban J connectivity index is 2.81. The van der Waals surface area contributed by atoms with Gasteiger partial charge in [-0.3, -0.25) is 10.2 Å². The predicted molar refractivity (Wildman–Crippen MR) is 61.4 cm³/mol. The minimum atomic E-state index is -0.117. The maximum atomic E-state index is 11.8. The number of hydrogen-bond donors (Lipinski definition) is 1. The lowest BCUT2D eigenvalue weighted by atomic mass is 9.96. The molecule has 0 bridgehead atoms. The van der Waals surface area contributed by atoms with Crippen LogP contribution in [0.1, 0.15) is 24.0 Å². The molecule has 0 heterocycles. The third-order valence-corrected chi connectivity index (χ3v) is 2.38. The van der Waals surface area contributed by atoms with Crippen LogP contribution < -0.4 is 5.43 Å². The fraction of sp³-hybridized carbons (Fsp3) is 0.417. The molecule has 82 valence electrons. The lowest BCUT2D eigenvalue weighted by Crippen LogP contribution is -2.38. The van der Waals surface area contributed by atoms with Crippen LogP contribution in [0.4, 0.5) is 0 Å². The van der Waals surface area contributed by atoms with Gasteiger partial charge < -0.3 is 0 Å². The zero-order chi connectivity index (χ0) is 11.4. The lowest BCUT2D eigenvalue weighted by molar-refractivity contribution is -0.125. The summed E-state index contributed by atoms with van der Waals surface area (Å²) < 4.78 is 0. The molecular weight excluding hydrogens is 188 g/mol. The summed E-state index contributed by atoms with van der Waals surface area (Å²) in [7, 11) is 3.62. The number of nitrogens with zero attached hydrogens (tertiary/aromatic N) is 1. The third-order valence-electron chi connectivity index (χ3n) is 2.38. The summed E-state index contributed by atoms with van der Waals surface area (Å²) in [5, 5.41) is 1.66. The van der Waals surface area contributed by atoms with Gasteiger partial charge in [0.25, 0.3) is 0 Å². The summed E-state index contributed by atoms with van der Waals surface area (Å²) in [4.78, 5) is 11.8. The molecular formula is C12H18N2O. The molecule has 3 nitrogen and oxygen atoms in total. The van der Waals surface area contributed by atoms with E-state index in [1.54, 1.807) is 5.01 Å². The van der Waals surface area contributed by atoms with Gasteiger partial charge in [-0.2, -0.15) is 0 Å². The van der Waals surface area contributed by atoms with Crippen LogP contribution in [0.25, 0.3) is 0 Å². The van der Waals surface area contributed by atoms with Crippen molar-refractivity contribution in [1.29, 1.82) is 0 Å². The number of amides is 1. The standard InChI is InChI=1S/C12H18N2O/c1-9-7-5-6-8-11(9)10(2)12(15)13-14(3)4/h5-8,10H,1-4H3,(H,13,15). The molecule has 0 aliphatic rings. The average Bonchev–Trinajstić information content (AvgIpc) is 2.16. The van der Waals surface area contributed by atoms with Crippen LogP contribution >= 0.6 is 0 Å². The quantitative estimate of drug-likeness (QED) is 0.763. The highest BCUT2D eigenvalue weighted by molar-refractivity contribution is 5.83. The molecule has 1 unspecified atom stereocenters. The van der Waals surface area contributed by atoms with Gasteiger partial charge in [0.1, 0.15) is 0 Å². The Labute approximate surface area is 91.1 Å². The largest absolute Gasteiger partial charge is 0.289 e. The van der Waals surface area contributed by atoms with Gasteiger partial charge in [-0.05, 0) is 25.0 Å². The second-order valence-corrected chi connectivity index (χ2v) is 3.95. The molecule has 3 heteroatoms. The molecule has 1 aromatic rings. The van der Waals surface area contributed by atoms with Crippen LogP contribution in [0.3, 0.4) is 0 Å². The van der Waals surface area contributed by atoms with Crippen LogP contribution in [0, 0.1) is 6.92 Å². The molecule has 0 aromatic heterocycles. The first kappa shape index (κ1) is 11.7. The van der Waals surface area contributed by atoms with Gasteiger partial charge in [0.2, 0.25) is 5.91 Å². The molecule has 0 fully saturated rings. The van der Waals surface area contributed by atoms with Gasteiger partial charge in [0.05, 0.1) is 5.92 Å². The molecule has 0 spiro atoms. The first-order valence-electron chi connectivity index (χ1n) is 5.05. The molecule has 1 amide bonds. The lowest BCUT2D eigenvalue weighted by Gasteiger charge is -2.18. The van der Waals surface area contributed by atoms with Crippen molar-refractivity contribution < 1.29 is 4.79 Å². The average molecular weight is 206 g/mol. The summed E-state index contributed by atoms with van der Waals surface area (Å²) in [6, 6.07) is 7.96. The van der Waals surface area contributed by atoms with E-state index < -0.39 is 0 Å². The maximum Gasteiger partial charge on any atom is 0.241 e. The topological polar surface area (TPSA) is 32.3 Å². The highest BCUT2D eigenvalue weighted by Crippen LogP contribution is 2.18. The zero-order valence-corrected chi connectivity index (χ0v) is 9.74. The van der Waals surface area contributed by atoms with Crippen LogP contribution in [0.2, 0.25) is 0 Å². The Morgan fingerprint density at radius 1 is 1.33 bits per heavy atom. The maximum absolute atomic E-state index is 11.8. The molecule has 1 rings (SSSR count). The number of aryl methyl sites for hydroxylation is 1. The van der Waals surface area contributed by atoms with Crippen molar-refractivity contribution in [2.45, 2.75) is 19.8 Å². The highest BCUT2D eigenvalue weighted by Gasteiger charge is 2.16. The monoisotopic (exact) mass is 206 g/mol. The Kier molecular flexibility index (Phi) is 3.86. The van der Waals surface area contributed by atoms with Crippen LogP contribution in [0.5, 0.6) is 0 Å². The Morgan fingerprint density at radius 3 is 2.47 bits per heavy atom. The summed E-state index contributed by atoms with van der Waals surface area (Å²) in [6.45, 7) is 3.94. The van der Waals surface area contributed by atoms with E-state index in [1.807, 2.05) is 52.2 Å².